The lowest BCUT2D eigenvalue weighted by atomic mass is 9.84. The summed E-state index contributed by atoms with van der Waals surface area (Å²) in [5.41, 5.74) is 2.41. The van der Waals surface area contributed by atoms with Crippen molar-refractivity contribution < 1.29 is 14.2 Å². The highest BCUT2D eigenvalue weighted by Crippen LogP contribution is 2.36. The highest BCUT2D eigenvalue weighted by molar-refractivity contribution is 6.32. The van der Waals surface area contributed by atoms with Gasteiger partial charge in [-0.05, 0) is 57.0 Å². The summed E-state index contributed by atoms with van der Waals surface area (Å²) in [6, 6.07) is 4.38. The fourth-order valence-electron chi connectivity index (χ4n) is 4.76. The minimum Gasteiger partial charge on any atom is -0.389 e. The molecule has 5 rings (SSSR count). The molecule has 8 nitrogen and oxygen atoms in total. The summed E-state index contributed by atoms with van der Waals surface area (Å²) in [5.74, 6) is 0.228. The number of aromatic nitrogens is 4. The van der Waals surface area contributed by atoms with Crippen molar-refractivity contribution in [1.29, 1.82) is 0 Å². The molecule has 34 heavy (non-hydrogen) atoms. The highest BCUT2D eigenvalue weighted by atomic mass is 35.5. The number of aliphatic hydroxyl groups is 1. The number of piperidine rings is 1. The first-order chi connectivity index (χ1) is 16.2. The van der Waals surface area contributed by atoms with E-state index in [9.17, 15) is 5.11 Å². The van der Waals surface area contributed by atoms with Crippen LogP contribution in [0.1, 0.15) is 37.3 Å². The molecule has 182 valence electrons. The first-order valence-electron chi connectivity index (χ1n) is 11.6. The van der Waals surface area contributed by atoms with Gasteiger partial charge in [-0.15, -0.1) is 0 Å². The molecule has 2 atom stereocenters. The number of hydrogen-bond acceptors (Lipinski definition) is 7. The van der Waals surface area contributed by atoms with E-state index >= 15 is 4.39 Å². The van der Waals surface area contributed by atoms with Crippen LogP contribution in [0.5, 0.6) is 0 Å². The maximum atomic E-state index is 15.2. The Morgan fingerprint density at radius 1 is 1.29 bits per heavy atom. The molecule has 4 heterocycles. The van der Waals surface area contributed by atoms with Gasteiger partial charge in [0.05, 0.1) is 48.8 Å². The summed E-state index contributed by atoms with van der Waals surface area (Å²) in [4.78, 5) is 11.3. The maximum absolute atomic E-state index is 15.2. The van der Waals surface area contributed by atoms with Crippen LogP contribution in [0.2, 0.25) is 5.15 Å². The molecule has 3 aromatic rings. The Morgan fingerprint density at radius 3 is 2.76 bits per heavy atom. The molecule has 0 radical (unpaired) electrons. The topological polar surface area (TPSA) is 88.3 Å². The quantitative estimate of drug-likeness (QED) is 0.545. The van der Waals surface area contributed by atoms with E-state index < -0.39 is 11.8 Å². The van der Waals surface area contributed by atoms with Crippen molar-refractivity contribution in [2.75, 3.05) is 31.6 Å². The second-order valence-corrected chi connectivity index (χ2v) is 10.4. The lowest BCUT2D eigenvalue weighted by molar-refractivity contribution is -0.0807. The number of nitrogens with zero attached hydrogens (tertiary/aromatic N) is 5. The second kappa shape index (κ2) is 9.03. The largest absolute Gasteiger partial charge is 0.389 e. The van der Waals surface area contributed by atoms with Crippen LogP contribution in [0.15, 0.2) is 24.5 Å². The lowest BCUT2D eigenvalue weighted by Gasteiger charge is -2.43. The van der Waals surface area contributed by atoms with Crippen LogP contribution in [0.4, 0.5) is 16.0 Å². The molecule has 2 N–H and O–H groups in total. The standard InChI is InChI=1S/C24H30ClFN6O2/c1-14-6-15-8-27-23(30-21-9-28-32(22(21)25)13-24(2,3)33)29-20(15)7-18(14)17-4-5-31(10-19(17)26)16-11-34-12-16/h6-9,16-17,19,33H,4-5,10-13H2,1-3H3,(H,27,29,30)/t17-,19+/m1/s1. The third kappa shape index (κ3) is 4.75. The third-order valence-electron chi connectivity index (χ3n) is 6.64. The van der Waals surface area contributed by atoms with E-state index in [1.807, 2.05) is 19.1 Å². The van der Waals surface area contributed by atoms with Crippen LogP contribution in [0.25, 0.3) is 10.9 Å². The molecule has 0 aliphatic carbocycles. The van der Waals surface area contributed by atoms with Crippen molar-refractivity contribution in [3.8, 4) is 0 Å². The predicted molar refractivity (Wildman–Crippen MR) is 130 cm³/mol. The molecule has 2 aliphatic heterocycles. The van der Waals surface area contributed by atoms with Gasteiger partial charge in [0.1, 0.15) is 6.17 Å². The first-order valence-corrected chi connectivity index (χ1v) is 12.0. The molecule has 10 heteroatoms. The van der Waals surface area contributed by atoms with E-state index in [1.165, 1.54) is 4.68 Å². The molecule has 0 amide bonds. The minimum absolute atomic E-state index is 0.150. The molecule has 2 fully saturated rings. The number of anilines is 2. The molecule has 2 saturated heterocycles. The van der Waals surface area contributed by atoms with Gasteiger partial charge in [0.15, 0.2) is 5.15 Å². The van der Waals surface area contributed by atoms with Gasteiger partial charge < -0.3 is 15.2 Å². The zero-order valence-electron chi connectivity index (χ0n) is 19.6. The summed E-state index contributed by atoms with van der Waals surface area (Å²) in [6.45, 7) is 8.40. The van der Waals surface area contributed by atoms with E-state index in [-0.39, 0.29) is 12.5 Å². The van der Waals surface area contributed by atoms with E-state index in [1.54, 1.807) is 26.2 Å². The van der Waals surface area contributed by atoms with Crippen molar-refractivity contribution >= 4 is 34.1 Å². The molecular formula is C24H30ClFN6O2. The maximum Gasteiger partial charge on any atom is 0.227 e. The Morgan fingerprint density at radius 2 is 2.09 bits per heavy atom. The Bertz CT molecular complexity index is 1190. The Kier molecular flexibility index (Phi) is 6.22. The van der Waals surface area contributed by atoms with Crippen LogP contribution in [0.3, 0.4) is 0 Å². The number of likely N-dealkylation sites (tertiary alicyclic amines) is 1. The van der Waals surface area contributed by atoms with E-state index in [4.69, 9.17) is 16.3 Å². The summed E-state index contributed by atoms with van der Waals surface area (Å²) < 4.78 is 22.0. The average Bonchev–Trinajstić information content (AvgIpc) is 3.05. The zero-order chi connectivity index (χ0) is 24.0. The number of rotatable bonds is 6. The summed E-state index contributed by atoms with van der Waals surface area (Å²) in [6.07, 6.45) is 3.18. The van der Waals surface area contributed by atoms with Crippen molar-refractivity contribution in [1.82, 2.24) is 24.6 Å². The van der Waals surface area contributed by atoms with Crippen molar-refractivity contribution in [3.63, 3.8) is 0 Å². The monoisotopic (exact) mass is 488 g/mol. The average molecular weight is 489 g/mol. The van der Waals surface area contributed by atoms with Crippen LogP contribution in [-0.4, -0.2) is 73.9 Å². The molecule has 0 saturated carbocycles. The number of fused-ring (bicyclic) bond motifs is 1. The van der Waals surface area contributed by atoms with Crippen LogP contribution in [0, 0.1) is 6.92 Å². The van der Waals surface area contributed by atoms with Crippen molar-refractivity contribution in [2.45, 2.75) is 57.5 Å². The predicted octanol–water partition coefficient (Wildman–Crippen LogP) is 3.83. The number of halogens is 2. The van der Waals surface area contributed by atoms with Gasteiger partial charge in [0.2, 0.25) is 5.95 Å². The fourth-order valence-corrected chi connectivity index (χ4v) is 4.96. The summed E-state index contributed by atoms with van der Waals surface area (Å²) in [7, 11) is 0. The normalized spacial score (nSPS) is 22.2. The SMILES string of the molecule is Cc1cc2cnc(Nc3cnn(CC(C)(C)O)c3Cl)nc2cc1[C@H]1CCN(C2COC2)C[C@@H]1F. The van der Waals surface area contributed by atoms with Crippen molar-refractivity contribution in [2.24, 2.45) is 0 Å². The van der Waals surface area contributed by atoms with Crippen LogP contribution >= 0.6 is 11.6 Å². The zero-order valence-corrected chi connectivity index (χ0v) is 20.4. The van der Waals surface area contributed by atoms with Gasteiger partial charge in [-0.25, -0.2) is 19.0 Å². The Balaban J connectivity index is 1.37. The number of benzene rings is 1. The number of hydrogen-bond donors (Lipinski definition) is 2. The lowest BCUT2D eigenvalue weighted by Crippen LogP contribution is -2.54. The van der Waals surface area contributed by atoms with Gasteiger partial charge >= 0.3 is 0 Å². The van der Waals surface area contributed by atoms with Crippen LogP contribution in [-0.2, 0) is 11.3 Å². The van der Waals surface area contributed by atoms with Crippen molar-refractivity contribution in [3.05, 3.63) is 40.8 Å². The molecule has 2 aliphatic rings. The molecule has 0 unspecified atom stereocenters. The van der Waals surface area contributed by atoms with Gasteiger partial charge in [-0.2, -0.15) is 5.10 Å². The Labute approximate surface area is 203 Å². The molecule has 1 aromatic carbocycles. The van der Waals surface area contributed by atoms with Gasteiger partial charge in [-0.3, -0.25) is 4.90 Å². The summed E-state index contributed by atoms with van der Waals surface area (Å²) in [5, 5.41) is 18.7. The minimum atomic E-state index is -0.948. The summed E-state index contributed by atoms with van der Waals surface area (Å²) >= 11 is 6.43. The number of nitrogens with one attached hydrogen (secondary N) is 1. The molecular weight excluding hydrogens is 459 g/mol. The second-order valence-electron chi connectivity index (χ2n) is 10.0. The number of aryl methyl sites for hydroxylation is 1. The fraction of sp³-hybridized carbons (Fsp3) is 0.542. The van der Waals surface area contributed by atoms with Gasteiger partial charge in [0, 0.05) is 24.0 Å². The molecule has 2 aromatic heterocycles. The molecule has 0 bridgehead atoms. The van der Waals surface area contributed by atoms with Crippen LogP contribution < -0.4 is 5.32 Å². The number of ether oxygens (including phenoxy) is 1. The smallest absolute Gasteiger partial charge is 0.227 e. The number of alkyl halides is 1. The van der Waals surface area contributed by atoms with Gasteiger partial charge in [-0.1, -0.05) is 11.6 Å². The van der Waals surface area contributed by atoms with Gasteiger partial charge in [0.25, 0.3) is 0 Å². The first kappa shape index (κ1) is 23.4. The van der Waals surface area contributed by atoms with E-state index in [0.717, 1.165) is 35.0 Å². The third-order valence-corrected chi connectivity index (χ3v) is 7.03. The van der Waals surface area contributed by atoms with E-state index in [0.29, 0.717) is 42.6 Å². The highest BCUT2D eigenvalue weighted by Gasteiger charge is 2.36. The van der Waals surface area contributed by atoms with E-state index in [2.05, 4.69) is 25.3 Å². The Hall–Kier alpha value is -2.33. The molecule has 0 spiro atoms.